The summed E-state index contributed by atoms with van der Waals surface area (Å²) in [6.45, 7) is 3.09. The van der Waals surface area contributed by atoms with Crippen LogP contribution in [-0.4, -0.2) is 51.3 Å². The Kier molecular flexibility index (Phi) is 2.93. The van der Waals surface area contributed by atoms with Crippen molar-refractivity contribution in [1.82, 2.24) is 0 Å². The van der Waals surface area contributed by atoms with Crippen LogP contribution in [0.2, 0.25) is 0 Å². The third kappa shape index (κ3) is 2.76. The summed E-state index contributed by atoms with van der Waals surface area (Å²) in [6.07, 6.45) is -1.27. The highest BCUT2D eigenvalue weighted by Crippen LogP contribution is 2.36. The van der Waals surface area contributed by atoms with E-state index in [1.807, 2.05) is 0 Å². The Labute approximate surface area is 99.1 Å². The van der Waals surface area contributed by atoms with Crippen molar-refractivity contribution >= 4 is 16.1 Å². The van der Waals surface area contributed by atoms with Crippen molar-refractivity contribution in [2.45, 2.75) is 37.9 Å². The summed E-state index contributed by atoms with van der Waals surface area (Å²) in [6, 6.07) is 0. The van der Waals surface area contributed by atoms with Crippen molar-refractivity contribution in [3.8, 4) is 0 Å². The molecule has 8 heteroatoms. The number of fused-ring (bicyclic) bond motifs is 1. The van der Waals surface area contributed by atoms with Gasteiger partial charge in [-0.2, -0.15) is 8.42 Å². The molecule has 2 aliphatic rings. The fourth-order valence-corrected chi connectivity index (χ4v) is 2.23. The molecule has 3 atom stereocenters. The minimum atomic E-state index is -3.57. The molecule has 0 bridgehead atoms. The quantitative estimate of drug-likeness (QED) is 0.498. The molecule has 2 rings (SSSR count). The summed E-state index contributed by atoms with van der Waals surface area (Å²) in [5.41, 5.74) is 0. The van der Waals surface area contributed by atoms with E-state index in [9.17, 15) is 13.2 Å². The number of esters is 1. The van der Waals surface area contributed by atoms with Gasteiger partial charge in [-0.1, -0.05) is 0 Å². The summed E-state index contributed by atoms with van der Waals surface area (Å²) < 4.78 is 42.1. The van der Waals surface area contributed by atoms with Gasteiger partial charge in [0.05, 0.1) is 6.26 Å². The van der Waals surface area contributed by atoms with Crippen molar-refractivity contribution in [2.24, 2.45) is 0 Å². The number of ether oxygens (including phenoxy) is 3. The van der Waals surface area contributed by atoms with E-state index >= 15 is 0 Å². The monoisotopic (exact) mass is 266 g/mol. The van der Waals surface area contributed by atoms with E-state index in [2.05, 4.69) is 4.18 Å². The first-order valence-electron chi connectivity index (χ1n) is 5.08. The zero-order chi connectivity index (χ0) is 12.8. The first-order chi connectivity index (χ1) is 7.68. The lowest BCUT2D eigenvalue weighted by atomic mass is 10.1. The SMILES string of the molecule is CC1(C)O[C@@H]2[C@H](COS(C)(=O)=O)OC(=O)[C@@H]2O1. The van der Waals surface area contributed by atoms with Crippen LogP contribution in [0.25, 0.3) is 0 Å². The van der Waals surface area contributed by atoms with E-state index in [0.717, 1.165) is 6.26 Å². The molecule has 17 heavy (non-hydrogen) atoms. The molecular formula is C9H14O7S. The van der Waals surface area contributed by atoms with Gasteiger partial charge in [-0.05, 0) is 13.8 Å². The predicted octanol–water partition coefficient (Wildman–Crippen LogP) is -0.592. The third-order valence-corrected chi connectivity index (χ3v) is 3.01. The lowest BCUT2D eigenvalue weighted by molar-refractivity contribution is -0.188. The van der Waals surface area contributed by atoms with E-state index in [1.165, 1.54) is 0 Å². The average molecular weight is 266 g/mol. The van der Waals surface area contributed by atoms with E-state index < -0.39 is 40.2 Å². The van der Waals surface area contributed by atoms with Gasteiger partial charge in [0.1, 0.15) is 12.7 Å². The predicted molar refractivity (Wildman–Crippen MR) is 54.5 cm³/mol. The highest BCUT2D eigenvalue weighted by molar-refractivity contribution is 7.85. The molecule has 98 valence electrons. The molecule has 0 aliphatic carbocycles. The van der Waals surface area contributed by atoms with E-state index in [0.29, 0.717) is 0 Å². The van der Waals surface area contributed by atoms with Crippen molar-refractivity contribution < 1.29 is 31.6 Å². The maximum atomic E-state index is 11.4. The van der Waals surface area contributed by atoms with Crippen LogP contribution in [0.4, 0.5) is 0 Å². The highest BCUT2D eigenvalue weighted by Gasteiger charge is 2.56. The van der Waals surface area contributed by atoms with Crippen LogP contribution in [-0.2, 0) is 33.3 Å². The number of carbonyl (C=O) groups excluding carboxylic acids is 1. The van der Waals surface area contributed by atoms with Crippen molar-refractivity contribution in [2.75, 3.05) is 12.9 Å². The summed E-state index contributed by atoms with van der Waals surface area (Å²) in [7, 11) is -3.57. The van der Waals surface area contributed by atoms with E-state index in [1.54, 1.807) is 13.8 Å². The molecule has 0 amide bonds. The molecule has 0 unspecified atom stereocenters. The highest BCUT2D eigenvalue weighted by atomic mass is 32.2. The molecule has 0 spiro atoms. The number of carbonyl (C=O) groups is 1. The molecule has 2 saturated heterocycles. The molecule has 2 fully saturated rings. The van der Waals surface area contributed by atoms with Gasteiger partial charge in [-0.3, -0.25) is 4.18 Å². The van der Waals surface area contributed by atoms with Crippen LogP contribution in [0, 0.1) is 0 Å². The van der Waals surface area contributed by atoms with Gasteiger partial charge < -0.3 is 14.2 Å². The lowest BCUT2D eigenvalue weighted by Gasteiger charge is -2.20. The molecular weight excluding hydrogens is 252 g/mol. The Morgan fingerprint density at radius 1 is 1.35 bits per heavy atom. The van der Waals surface area contributed by atoms with Gasteiger partial charge in [0.15, 0.2) is 18.0 Å². The second kappa shape index (κ2) is 3.91. The van der Waals surface area contributed by atoms with Gasteiger partial charge in [-0.25, -0.2) is 4.79 Å². The number of rotatable bonds is 3. The van der Waals surface area contributed by atoms with Crippen molar-refractivity contribution in [3.63, 3.8) is 0 Å². The van der Waals surface area contributed by atoms with Gasteiger partial charge in [0.2, 0.25) is 0 Å². The maximum absolute atomic E-state index is 11.4. The molecule has 0 N–H and O–H groups in total. The minimum Gasteiger partial charge on any atom is -0.455 e. The standard InChI is InChI=1S/C9H14O7S/c1-9(2)15-6-5(4-13-17(3,11)12)14-8(10)7(6)16-9/h5-7H,4H2,1-3H3/t5-,6+,7+/m0/s1. The number of hydrogen-bond donors (Lipinski definition) is 0. The van der Waals surface area contributed by atoms with E-state index in [4.69, 9.17) is 14.2 Å². The summed E-state index contributed by atoms with van der Waals surface area (Å²) in [5.74, 6) is -1.43. The summed E-state index contributed by atoms with van der Waals surface area (Å²) >= 11 is 0. The molecule has 0 saturated carbocycles. The summed E-state index contributed by atoms with van der Waals surface area (Å²) in [5, 5.41) is 0. The summed E-state index contributed by atoms with van der Waals surface area (Å²) in [4.78, 5) is 11.4. The molecule has 2 heterocycles. The van der Waals surface area contributed by atoms with Crippen molar-refractivity contribution in [3.05, 3.63) is 0 Å². The Bertz CT molecular complexity index is 427. The number of cyclic esters (lactones) is 1. The fraction of sp³-hybridized carbons (Fsp3) is 0.889. The Morgan fingerprint density at radius 2 is 2.00 bits per heavy atom. The first-order valence-corrected chi connectivity index (χ1v) is 6.90. The molecule has 0 aromatic carbocycles. The van der Waals surface area contributed by atoms with E-state index in [-0.39, 0.29) is 6.61 Å². The Morgan fingerprint density at radius 3 is 2.59 bits per heavy atom. The van der Waals surface area contributed by atoms with Crippen LogP contribution < -0.4 is 0 Å². The first kappa shape index (κ1) is 12.7. The molecule has 0 radical (unpaired) electrons. The van der Waals surface area contributed by atoms with Gasteiger partial charge in [-0.15, -0.1) is 0 Å². The molecule has 2 aliphatic heterocycles. The minimum absolute atomic E-state index is 0.259. The second-order valence-electron chi connectivity index (χ2n) is 4.48. The van der Waals surface area contributed by atoms with Gasteiger partial charge in [0, 0.05) is 0 Å². The molecule has 0 aromatic heterocycles. The van der Waals surface area contributed by atoms with Crippen LogP contribution >= 0.6 is 0 Å². The fourth-order valence-electron chi connectivity index (χ4n) is 1.85. The normalized spacial score (nSPS) is 35.7. The largest absolute Gasteiger partial charge is 0.455 e. The third-order valence-electron chi connectivity index (χ3n) is 2.44. The lowest BCUT2D eigenvalue weighted by Crippen LogP contribution is -2.33. The zero-order valence-electron chi connectivity index (χ0n) is 9.71. The average Bonchev–Trinajstić information content (AvgIpc) is 2.58. The van der Waals surface area contributed by atoms with Gasteiger partial charge in [0.25, 0.3) is 10.1 Å². The molecule has 0 aromatic rings. The van der Waals surface area contributed by atoms with Crippen molar-refractivity contribution in [1.29, 1.82) is 0 Å². The van der Waals surface area contributed by atoms with Crippen LogP contribution in [0.5, 0.6) is 0 Å². The van der Waals surface area contributed by atoms with Crippen LogP contribution in [0.3, 0.4) is 0 Å². The number of hydrogen-bond acceptors (Lipinski definition) is 7. The van der Waals surface area contributed by atoms with Crippen LogP contribution in [0.1, 0.15) is 13.8 Å². The maximum Gasteiger partial charge on any atom is 0.338 e. The Hall–Kier alpha value is -0.700. The topological polar surface area (TPSA) is 88.1 Å². The second-order valence-corrected chi connectivity index (χ2v) is 6.13. The van der Waals surface area contributed by atoms with Crippen LogP contribution in [0.15, 0.2) is 0 Å². The molecule has 7 nitrogen and oxygen atoms in total. The Balaban J connectivity index is 2.04. The smallest absolute Gasteiger partial charge is 0.338 e. The van der Waals surface area contributed by atoms with Gasteiger partial charge >= 0.3 is 5.97 Å². The zero-order valence-corrected chi connectivity index (χ0v) is 10.5.